The monoisotopic (exact) mass is 521 g/mol. The molecule has 0 aliphatic rings. The summed E-state index contributed by atoms with van der Waals surface area (Å²) in [5, 5.41) is 11.8. The van der Waals surface area contributed by atoms with Crippen molar-refractivity contribution >= 4 is 23.9 Å². The first kappa shape index (κ1) is 32.3. The molecule has 0 saturated carbocycles. The molecule has 0 aliphatic heterocycles. The van der Waals surface area contributed by atoms with Crippen LogP contribution in [-0.4, -0.2) is 36.5 Å². The van der Waals surface area contributed by atoms with E-state index in [1.165, 1.54) is 82.4 Å². The molecule has 0 spiro atoms. The molecule has 0 radical (unpaired) electrons. The Morgan fingerprint density at radius 3 is 1.70 bits per heavy atom. The van der Waals surface area contributed by atoms with Crippen molar-refractivity contribution in [3.63, 3.8) is 0 Å². The Kier molecular flexibility index (Phi) is 18.6. The van der Waals surface area contributed by atoms with Gasteiger partial charge >= 0.3 is 18.2 Å². The zero-order valence-electron chi connectivity index (χ0n) is 22.9. The molecule has 0 unspecified atom stereocenters. The van der Waals surface area contributed by atoms with Crippen LogP contribution in [0.15, 0.2) is 18.2 Å². The van der Waals surface area contributed by atoms with E-state index in [1.54, 1.807) is 0 Å². The number of carbonyl (C=O) groups is 3. The fraction of sp³-hybridized carbons (Fsp3) is 0.690. The maximum atomic E-state index is 12.2. The van der Waals surface area contributed by atoms with E-state index >= 15 is 0 Å². The number of ether oxygens (including phenoxy) is 3. The lowest BCUT2D eigenvalue weighted by Crippen LogP contribution is -2.17. The van der Waals surface area contributed by atoms with Gasteiger partial charge in [0.2, 0.25) is 0 Å². The first-order chi connectivity index (χ1) is 18.0. The molecular weight excluding hydrogens is 474 g/mol. The second-order valence-corrected chi connectivity index (χ2v) is 9.43. The number of hydrogen-bond donors (Lipinski definition) is 2. The van der Waals surface area contributed by atoms with Crippen LogP contribution in [0.1, 0.15) is 127 Å². The molecule has 1 aromatic carbocycles. The predicted octanol–water partition coefficient (Wildman–Crippen LogP) is 8.73. The summed E-state index contributed by atoms with van der Waals surface area (Å²) >= 11 is 0. The van der Waals surface area contributed by atoms with E-state index < -0.39 is 18.2 Å². The highest BCUT2D eigenvalue weighted by molar-refractivity contribution is 5.92. The number of hydrogen-bond acceptors (Lipinski definition) is 6. The van der Waals surface area contributed by atoms with Gasteiger partial charge in [0, 0.05) is 0 Å². The molecule has 8 nitrogen and oxygen atoms in total. The molecule has 0 heterocycles. The van der Waals surface area contributed by atoms with Gasteiger partial charge < -0.3 is 19.3 Å². The third-order valence-corrected chi connectivity index (χ3v) is 6.11. The zero-order chi connectivity index (χ0) is 27.1. The van der Waals surface area contributed by atoms with Crippen molar-refractivity contribution in [2.24, 2.45) is 0 Å². The number of unbranched alkanes of at least 4 members (excludes halogenated alkanes) is 14. The average molecular weight is 522 g/mol. The standard InChI is InChI=1S/C29H47NO7/c1-3-5-7-9-11-13-15-17-21-35-28(33)30-25-20-19-24(27(31)32)23-26(25)37-29(34)36-22-18-16-14-12-10-8-6-4-2/h19-20,23H,3-18,21-22H2,1-2H3,(H,30,33)(H,31,32). The van der Waals surface area contributed by atoms with Crippen molar-refractivity contribution in [1.82, 2.24) is 0 Å². The molecular formula is C29H47NO7. The lowest BCUT2D eigenvalue weighted by atomic mass is 10.1. The van der Waals surface area contributed by atoms with Crippen molar-refractivity contribution in [2.45, 2.75) is 117 Å². The maximum Gasteiger partial charge on any atom is 0.513 e. The topological polar surface area (TPSA) is 111 Å². The minimum absolute atomic E-state index is 0.0799. The highest BCUT2D eigenvalue weighted by atomic mass is 16.7. The van der Waals surface area contributed by atoms with Gasteiger partial charge in [0.1, 0.15) is 0 Å². The summed E-state index contributed by atoms with van der Waals surface area (Å²) in [6.07, 6.45) is 16.4. The van der Waals surface area contributed by atoms with E-state index in [4.69, 9.17) is 14.2 Å². The number of carboxylic acid groups (broad SMARTS) is 1. The summed E-state index contributed by atoms with van der Waals surface area (Å²) in [7, 11) is 0. The number of aromatic carboxylic acids is 1. The van der Waals surface area contributed by atoms with Gasteiger partial charge in [0.15, 0.2) is 5.75 Å². The second kappa shape index (κ2) is 21.3. The number of rotatable bonds is 21. The summed E-state index contributed by atoms with van der Waals surface area (Å²) in [6, 6.07) is 3.85. The molecule has 2 N–H and O–H groups in total. The molecule has 0 bridgehead atoms. The molecule has 0 aromatic heterocycles. The minimum atomic E-state index is -1.18. The second-order valence-electron chi connectivity index (χ2n) is 9.43. The predicted molar refractivity (Wildman–Crippen MR) is 146 cm³/mol. The molecule has 210 valence electrons. The van der Waals surface area contributed by atoms with Crippen LogP contribution in [-0.2, 0) is 9.47 Å². The van der Waals surface area contributed by atoms with Crippen LogP contribution in [0.2, 0.25) is 0 Å². The Morgan fingerprint density at radius 1 is 0.703 bits per heavy atom. The largest absolute Gasteiger partial charge is 0.513 e. The van der Waals surface area contributed by atoms with Crippen LogP contribution in [0, 0.1) is 0 Å². The fourth-order valence-corrected chi connectivity index (χ4v) is 3.90. The Bertz CT molecular complexity index is 782. The summed E-state index contributed by atoms with van der Waals surface area (Å²) in [5.74, 6) is -1.29. The van der Waals surface area contributed by atoms with E-state index in [0.717, 1.165) is 38.5 Å². The van der Waals surface area contributed by atoms with Gasteiger partial charge in [-0.1, -0.05) is 104 Å². The molecule has 8 heteroatoms. The summed E-state index contributed by atoms with van der Waals surface area (Å²) in [5.41, 5.74) is 0.0543. The summed E-state index contributed by atoms with van der Waals surface area (Å²) in [6.45, 7) is 4.89. The van der Waals surface area contributed by atoms with Crippen LogP contribution in [0.3, 0.4) is 0 Å². The van der Waals surface area contributed by atoms with Gasteiger partial charge in [-0.05, 0) is 31.0 Å². The van der Waals surface area contributed by atoms with Crippen LogP contribution in [0.4, 0.5) is 15.3 Å². The third-order valence-electron chi connectivity index (χ3n) is 6.11. The molecule has 1 aromatic rings. The lowest BCUT2D eigenvalue weighted by molar-refractivity contribution is 0.0694. The Morgan fingerprint density at radius 2 is 1.19 bits per heavy atom. The number of carboxylic acids is 1. The SMILES string of the molecule is CCCCCCCCCCOC(=O)Nc1ccc(C(=O)O)cc1OC(=O)OCCCCCCCCCC. The highest BCUT2D eigenvalue weighted by Gasteiger charge is 2.16. The number of benzene rings is 1. The van der Waals surface area contributed by atoms with E-state index in [0.29, 0.717) is 0 Å². The van der Waals surface area contributed by atoms with Gasteiger partial charge in [0.05, 0.1) is 24.5 Å². The van der Waals surface area contributed by atoms with Gasteiger partial charge in [-0.25, -0.2) is 14.4 Å². The van der Waals surface area contributed by atoms with Crippen molar-refractivity contribution in [2.75, 3.05) is 18.5 Å². The number of amides is 1. The quantitative estimate of drug-likeness (QED) is 0.0945. The lowest BCUT2D eigenvalue weighted by Gasteiger charge is -2.13. The van der Waals surface area contributed by atoms with Crippen molar-refractivity contribution in [3.05, 3.63) is 23.8 Å². The zero-order valence-corrected chi connectivity index (χ0v) is 22.9. The fourth-order valence-electron chi connectivity index (χ4n) is 3.90. The van der Waals surface area contributed by atoms with Crippen molar-refractivity contribution < 1.29 is 33.7 Å². The smallest absolute Gasteiger partial charge is 0.478 e. The summed E-state index contributed by atoms with van der Waals surface area (Å²) in [4.78, 5) is 35.7. The van der Waals surface area contributed by atoms with Crippen LogP contribution < -0.4 is 10.1 Å². The molecule has 0 saturated heterocycles. The highest BCUT2D eigenvalue weighted by Crippen LogP contribution is 2.27. The molecule has 1 amide bonds. The Labute approximate surface area is 222 Å². The average Bonchev–Trinajstić information content (AvgIpc) is 2.87. The van der Waals surface area contributed by atoms with E-state index in [2.05, 4.69) is 19.2 Å². The van der Waals surface area contributed by atoms with Gasteiger partial charge in [-0.15, -0.1) is 0 Å². The summed E-state index contributed by atoms with van der Waals surface area (Å²) < 4.78 is 15.6. The molecule has 0 fully saturated rings. The van der Waals surface area contributed by atoms with E-state index in [9.17, 15) is 19.5 Å². The van der Waals surface area contributed by atoms with Gasteiger partial charge in [-0.3, -0.25) is 5.32 Å². The van der Waals surface area contributed by atoms with Crippen LogP contribution in [0.5, 0.6) is 5.75 Å². The Hall–Kier alpha value is -2.77. The van der Waals surface area contributed by atoms with Crippen molar-refractivity contribution in [3.8, 4) is 5.75 Å². The first-order valence-corrected chi connectivity index (χ1v) is 14.1. The molecule has 37 heavy (non-hydrogen) atoms. The molecule has 0 atom stereocenters. The third kappa shape index (κ3) is 16.6. The number of carbonyl (C=O) groups excluding carboxylic acids is 2. The van der Waals surface area contributed by atoms with E-state index in [1.807, 2.05) is 0 Å². The number of nitrogens with one attached hydrogen (secondary N) is 1. The van der Waals surface area contributed by atoms with E-state index in [-0.39, 0.29) is 30.2 Å². The first-order valence-electron chi connectivity index (χ1n) is 14.1. The Balaban J connectivity index is 2.40. The molecule has 1 rings (SSSR count). The van der Waals surface area contributed by atoms with Gasteiger partial charge in [0.25, 0.3) is 0 Å². The number of anilines is 1. The maximum absolute atomic E-state index is 12.2. The van der Waals surface area contributed by atoms with Crippen LogP contribution >= 0.6 is 0 Å². The van der Waals surface area contributed by atoms with Gasteiger partial charge in [-0.2, -0.15) is 0 Å². The van der Waals surface area contributed by atoms with Crippen LogP contribution in [0.25, 0.3) is 0 Å². The molecule has 0 aliphatic carbocycles. The normalized spacial score (nSPS) is 10.6. The minimum Gasteiger partial charge on any atom is -0.478 e. The van der Waals surface area contributed by atoms with Crippen molar-refractivity contribution in [1.29, 1.82) is 0 Å².